The lowest BCUT2D eigenvalue weighted by atomic mass is 10.1. The molecule has 1 unspecified atom stereocenters. The van der Waals surface area contributed by atoms with Crippen LogP contribution in [0.15, 0.2) is 24.3 Å². The van der Waals surface area contributed by atoms with E-state index in [-0.39, 0.29) is 18.8 Å². The van der Waals surface area contributed by atoms with Crippen molar-refractivity contribution in [3.05, 3.63) is 41.2 Å². The summed E-state index contributed by atoms with van der Waals surface area (Å²) >= 11 is 0. The summed E-state index contributed by atoms with van der Waals surface area (Å²) in [5, 5.41) is 4.53. The molecular formula is C18H19N3O4. The van der Waals surface area contributed by atoms with E-state index in [2.05, 4.69) is 5.10 Å². The predicted octanol–water partition coefficient (Wildman–Crippen LogP) is 2.12. The number of hydrogen-bond acceptors (Lipinski definition) is 5. The van der Waals surface area contributed by atoms with Gasteiger partial charge in [-0.3, -0.25) is 9.48 Å². The highest BCUT2D eigenvalue weighted by atomic mass is 16.7. The summed E-state index contributed by atoms with van der Waals surface area (Å²) < 4.78 is 18.7. The molecule has 0 spiro atoms. The third-order valence-electron chi connectivity index (χ3n) is 5.02. The first-order valence-corrected chi connectivity index (χ1v) is 8.65. The van der Waals surface area contributed by atoms with Crippen LogP contribution in [-0.4, -0.2) is 40.5 Å². The van der Waals surface area contributed by atoms with E-state index in [1.807, 2.05) is 33.8 Å². The van der Waals surface area contributed by atoms with Crippen molar-refractivity contribution in [2.24, 2.45) is 0 Å². The number of ether oxygens (including phenoxy) is 3. The minimum absolute atomic E-state index is 0.0269. The summed E-state index contributed by atoms with van der Waals surface area (Å²) in [7, 11) is 0. The molecule has 3 aliphatic heterocycles. The van der Waals surface area contributed by atoms with E-state index in [1.54, 1.807) is 0 Å². The van der Waals surface area contributed by atoms with Gasteiger partial charge >= 0.3 is 0 Å². The van der Waals surface area contributed by atoms with Gasteiger partial charge in [0.15, 0.2) is 17.2 Å². The number of hydrogen-bond donors (Lipinski definition) is 0. The van der Waals surface area contributed by atoms with E-state index in [1.165, 1.54) is 0 Å². The molecule has 1 fully saturated rings. The highest BCUT2D eigenvalue weighted by molar-refractivity contribution is 5.92. The first-order valence-electron chi connectivity index (χ1n) is 8.65. The lowest BCUT2D eigenvalue weighted by molar-refractivity contribution is -0.00130. The van der Waals surface area contributed by atoms with Crippen molar-refractivity contribution < 1.29 is 19.0 Å². The minimum Gasteiger partial charge on any atom is -0.454 e. The van der Waals surface area contributed by atoms with Crippen LogP contribution >= 0.6 is 0 Å². The second-order valence-electron chi connectivity index (χ2n) is 6.61. The average Bonchev–Trinajstić information content (AvgIpc) is 3.39. The summed E-state index contributed by atoms with van der Waals surface area (Å²) in [6.07, 6.45) is 2.04. The Labute approximate surface area is 145 Å². The number of carbonyl (C=O) groups is 1. The van der Waals surface area contributed by atoms with Crippen LogP contribution in [0.2, 0.25) is 0 Å². The molecule has 25 heavy (non-hydrogen) atoms. The molecular weight excluding hydrogens is 322 g/mol. The molecule has 3 aliphatic rings. The average molecular weight is 341 g/mol. The Balaban J connectivity index is 1.36. The van der Waals surface area contributed by atoms with E-state index in [0.29, 0.717) is 18.8 Å². The third-order valence-corrected chi connectivity index (χ3v) is 5.02. The predicted molar refractivity (Wildman–Crippen MR) is 87.5 cm³/mol. The van der Waals surface area contributed by atoms with Crippen LogP contribution in [0.4, 0.5) is 0 Å². The highest BCUT2D eigenvalue weighted by Gasteiger charge is 2.28. The number of aromatic nitrogens is 2. The van der Waals surface area contributed by atoms with Gasteiger partial charge < -0.3 is 19.1 Å². The van der Waals surface area contributed by atoms with Crippen molar-refractivity contribution in [1.29, 1.82) is 0 Å². The summed E-state index contributed by atoms with van der Waals surface area (Å²) in [5.41, 5.74) is 2.49. The zero-order valence-corrected chi connectivity index (χ0v) is 13.8. The first-order chi connectivity index (χ1) is 12.3. The van der Waals surface area contributed by atoms with E-state index < -0.39 is 0 Å². The van der Waals surface area contributed by atoms with Crippen LogP contribution in [0.3, 0.4) is 0 Å². The number of amides is 1. The van der Waals surface area contributed by atoms with Crippen molar-refractivity contribution >= 4 is 5.91 Å². The second kappa shape index (κ2) is 5.77. The van der Waals surface area contributed by atoms with Crippen molar-refractivity contribution in [1.82, 2.24) is 14.7 Å². The summed E-state index contributed by atoms with van der Waals surface area (Å²) in [4.78, 5) is 14.4. The number of rotatable bonds is 2. The largest absolute Gasteiger partial charge is 0.454 e. The zero-order valence-electron chi connectivity index (χ0n) is 13.8. The summed E-state index contributed by atoms with van der Waals surface area (Å²) in [5.74, 6) is 1.54. The Kier molecular flexibility index (Phi) is 3.41. The van der Waals surface area contributed by atoms with Crippen molar-refractivity contribution in [3.63, 3.8) is 0 Å². The molecule has 7 heteroatoms. The van der Waals surface area contributed by atoms with Crippen molar-refractivity contribution in [2.45, 2.75) is 32.1 Å². The van der Waals surface area contributed by atoms with E-state index in [0.717, 1.165) is 48.7 Å². The second-order valence-corrected chi connectivity index (χ2v) is 6.61. The molecule has 5 rings (SSSR count). The molecule has 1 aromatic carbocycles. The number of benzene rings is 1. The van der Waals surface area contributed by atoms with Crippen LogP contribution in [0.25, 0.3) is 0 Å². The lowest BCUT2D eigenvalue weighted by Gasteiger charge is -2.24. The molecule has 1 atom stereocenters. The van der Waals surface area contributed by atoms with Gasteiger partial charge in [-0.1, -0.05) is 6.07 Å². The van der Waals surface area contributed by atoms with Crippen LogP contribution in [0.1, 0.15) is 40.7 Å². The Morgan fingerprint density at radius 1 is 1.12 bits per heavy atom. The monoisotopic (exact) mass is 341 g/mol. The topological polar surface area (TPSA) is 65.8 Å². The molecule has 7 nitrogen and oxygen atoms in total. The van der Waals surface area contributed by atoms with Crippen molar-refractivity contribution in [3.8, 4) is 11.5 Å². The lowest BCUT2D eigenvalue weighted by Crippen LogP contribution is -2.28. The van der Waals surface area contributed by atoms with Crippen LogP contribution in [0.5, 0.6) is 11.5 Å². The number of likely N-dealkylation sites (tertiary alicyclic amines) is 1. The van der Waals surface area contributed by atoms with E-state index in [9.17, 15) is 4.79 Å². The molecule has 1 saturated heterocycles. The van der Waals surface area contributed by atoms with Gasteiger partial charge in [-0.2, -0.15) is 5.10 Å². The molecule has 0 N–H and O–H groups in total. The van der Waals surface area contributed by atoms with Gasteiger partial charge in [0.25, 0.3) is 5.91 Å². The van der Waals surface area contributed by atoms with E-state index in [4.69, 9.17) is 14.2 Å². The van der Waals surface area contributed by atoms with Crippen LogP contribution in [-0.2, 0) is 17.9 Å². The Bertz CT molecular complexity index is 826. The standard InChI is InChI=1S/C18H19N3O4/c22-18(20-5-1-2-6-20)14-8-13-10-23-17(9-21(13)19-14)12-3-4-15-16(7-12)25-11-24-15/h3-4,7-8,17H,1-2,5-6,9-11H2. The maximum atomic E-state index is 12.5. The molecule has 0 radical (unpaired) electrons. The molecule has 4 heterocycles. The summed E-state index contributed by atoms with van der Waals surface area (Å²) in [6.45, 7) is 2.95. The molecule has 0 bridgehead atoms. The fourth-order valence-corrected chi connectivity index (χ4v) is 3.63. The van der Waals surface area contributed by atoms with Gasteiger partial charge in [-0.25, -0.2) is 0 Å². The third kappa shape index (κ3) is 2.55. The van der Waals surface area contributed by atoms with Gasteiger partial charge in [0.2, 0.25) is 6.79 Å². The van der Waals surface area contributed by atoms with Gasteiger partial charge in [-0.15, -0.1) is 0 Å². The smallest absolute Gasteiger partial charge is 0.274 e. The maximum Gasteiger partial charge on any atom is 0.274 e. The van der Waals surface area contributed by atoms with Gasteiger partial charge in [0.05, 0.1) is 18.8 Å². The van der Waals surface area contributed by atoms with Gasteiger partial charge in [0, 0.05) is 13.1 Å². The van der Waals surface area contributed by atoms with Crippen LogP contribution < -0.4 is 9.47 Å². The molecule has 0 saturated carbocycles. The number of nitrogens with zero attached hydrogens (tertiary/aromatic N) is 3. The van der Waals surface area contributed by atoms with Gasteiger partial charge in [0.1, 0.15) is 6.10 Å². The minimum atomic E-state index is -0.114. The van der Waals surface area contributed by atoms with Crippen LogP contribution in [0, 0.1) is 0 Å². The quantitative estimate of drug-likeness (QED) is 0.837. The molecule has 2 aromatic rings. The number of fused-ring (bicyclic) bond motifs is 2. The molecule has 1 aromatic heterocycles. The SMILES string of the molecule is O=C(c1cc2n(n1)CC(c1ccc3c(c1)OCO3)OC2)N1CCCC1. The Hall–Kier alpha value is -2.54. The number of carbonyl (C=O) groups excluding carboxylic acids is 1. The van der Waals surface area contributed by atoms with Gasteiger partial charge in [-0.05, 0) is 36.6 Å². The molecule has 1 amide bonds. The maximum absolute atomic E-state index is 12.5. The first kappa shape index (κ1) is 14.8. The Morgan fingerprint density at radius 3 is 2.84 bits per heavy atom. The molecule has 0 aliphatic carbocycles. The fourth-order valence-electron chi connectivity index (χ4n) is 3.63. The highest BCUT2D eigenvalue weighted by Crippen LogP contribution is 2.36. The fraction of sp³-hybridized carbons (Fsp3) is 0.444. The Morgan fingerprint density at radius 2 is 1.96 bits per heavy atom. The summed E-state index contributed by atoms with van der Waals surface area (Å²) in [6, 6.07) is 7.71. The molecule has 130 valence electrons. The van der Waals surface area contributed by atoms with E-state index >= 15 is 0 Å². The zero-order chi connectivity index (χ0) is 16.8. The normalized spacial score (nSPS) is 21.4. The van der Waals surface area contributed by atoms with Crippen molar-refractivity contribution in [2.75, 3.05) is 19.9 Å².